The van der Waals surface area contributed by atoms with Crippen molar-refractivity contribution in [3.8, 4) is 5.75 Å². The zero-order chi connectivity index (χ0) is 12.7. The Morgan fingerprint density at radius 1 is 1.47 bits per heavy atom. The molecule has 0 unspecified atom stereocenters. The lowest BCUT2D eigenvalue weighted by atomic mass is 10.2. The van der Waals surface area contributed by atoms with Crippen LogP contribution in [0.25, 0.3) is 0 Å². The van der Waals surface area contributed by atoms with Crippen LogP contribution < -0.4 is 10.1 Å². The van der Waals surface area contributed by atoms with Crippen molar-refractivity contribution in [3.63, 3.8) is 0 Å². The first kappa shape index (κ1) is 13.4. The second-order valence-corrected chi connectivity index (χ2v) is 3.37. The minimum atomic E-state index is -0.539. The Hall–Kier alpha value is -1.62. The van der Waals surface area contributed by atoms with Crippen molar-refractivity contribution in [1.82, 2.24) is 5.32 Å². The number of ether oxygens (including phenoxy) is 2. The van der Waals surface area contributed by atoms with Crippen LogP contribution in [0.4, 0.5) is 4.39 Å². The van der Waals surface area contributed by atoms with Gasteiger partial charge in [-0.2, -0.15) is 0 Å². The predicted octanol–water partition coefficient (Wildman–Crippen LogP) is 1.49. The lowest BCUT2D eigenvalue weighted by Crippen LogP contribution is -2.17. The molecule has 17 heavy (non-hydrogen) atoms. The number of methoxy groups -OCH3 is 1. The molecule has 0 aromatic heterocycles. The Labute approximate surface area is 99.7 Å². The van der Waals surface area contributed by atoms with E-state index in [0.717, 1.165) is 6.54 Å². The minimum Gasteiger partial charge on any atom is -0.478 e. The van der Waals surface area contributed by atoms with Crippen LogP contribution in [-0.2, 0) is 16.1 Å². The highest BCUT2D eigenvalue weighted by Crippen LogP contribution is 2.22. The standard InChI is InChI=1S/C12H16FNO3/c1-3-14-7-9-5-4-6-10(13)12(9)17-8-11(15)16-2/h4-6,14H,3,7-8H2,1-2H3. The van der Waals surface area contributed by atoms with Crippen molar-refractivity contribution < 1.29 is 18.7 Å². The van der Waals surface area contributed by atoms with E-state index in [2.05, 4.69) is 10.1 Å². The zero-order valence-corrected chi connectivity index (χ0v) is 9.96. The van der Waals surface area contributed by atoms with E-state index >= 15 is 0 Å². The molecule has 0 amide bonds. The van der Waals surface area contributed by atoms with Gasteiger partial charge in [-0.15, -0.1) is 0 Å². The molecule has 0 heterocycles. The van der Waals surface area contributed by atoms with Crippen molar-refractivity contribution in [3.05, 3.63) is 29.6 Å². The molecule has 0 saturated carbocycles. The number of hydrogen-bond acceptors (Lipinski definition) is 4. The summed E-state index contributed by atoms with van der Waals surface area (Å²) in [7, 11) is 1.26. The van der Waals surface area contributed by atoms with Crippen LogP contribution in [0.5, 0.6) is 5.75 Å². The maximum Gasteiger partial charge on any atom is 0.343 e. The molecule has 0 atom stereocenters. The predicted molar refractivity (Wildman–Crippen MR) is 61.3 cm³/mol. The molecule has 5 heteroatoms. The van der Waals surface area contributed by atoms with Gasteiger partial charge < -0.3 is 14.8 Å². The van der Waals surface area contributed by atoms with E-state index < -0.39 is 11.8 Å². The molecular weight excluding hydrogens is 225 g/mol. The van der Waals surface area contributed by atoms with Crippen LogP contribution in [0.15, 0.2) is 18.2 Å². The van der Waals surface area contributed by atoms with E-state index in [4.69, 9.17) is 4.74 Å². The lowest BCUT2D eigenvalue weighted by Gasteiger charge is -2.11. The first-order chi connectivity index (χ1) is 8.19. The number of hydrogen-bond donors (Lipinski definition) is 1. The van der Waals surface area contributed by atoms with E-state index in [1.165, 1.54) is 13.2 Å². The average molecular weight is 241 g/mol. The minimum absolute atomic E-state index is 0.0962. The molecule has 0 spiro atoms. The van der Waals surface area contributed by atoms with Crippen molar-refractivity contribution in [2.75, 3.05) is 20.3 Å². The van der Waals surface area contributed by atoms with E-state index in [9.17, 15) is 9.18 Å². The molecule has 1 rings (SSSR count). The van der Waals surface area contributed by atoms with Crippen LogP contribution in [-0.4, -0.2) is 26.2 Å². The monoisotopic (exact) mass is 241 g/mol. The van der Waals surface area contributed by atoms with E-state index in [-0.39, 0.29) is 12.4 Å². The van der Waals surface area contributed by atoms with Gasteiger partial charge in [-0.25, -0.2) is 9.18 Å². The molecule has 1 N–H and O–H groups in total. The second-order valence-electron chi connectivity index (χ2n) is 3.37. The van der Waals surface area contributed by atoms with Crippen molar-refractivity contribution in [1.29, 1.82) is 0 Å². The van der Waals surface area contributed by atoms with E-state index in [1.54, 1.807) is 12.1 Å². The normalized spacial score (nSPS) is 10.1. The molecule has 0 aliphatic heterocycles. The molecule has 0 saturated heterocycles. The number of carbonyl (C=O) groups excluding carboxylic acids is 1. The number of nitrogens with one attached hydrogen (secondary N) is 1. The fourth-order valence-corrected chi connectivity index (χ4v) is 1.30. The van der Waals surface area contributed by atoms with Crippen LogP contribution in [0, 0.1) is 5.82 Å². The van der Waals surface area contributed by atoms with Gasteiger partial charge in [0.15, 0.2) is 18.2 Å². The Kier molecular flexibility index (Phi) is 5.42. The highest BCUT2D eigenvalue weighted by molar-refractivity contribution is 5.70. The third kappa shape index (κ3) is 4.03. The quantitative estimate of drug-likeness (QED) is 0.766. The van der Waals surface area contributed by atoms with Gasteiger partial charge in [0, 0.05) is 12.1 Å². The van der Waals surface area contributed by atoms with Gasteiger partial charge in [0.1, 0.15) is 0 Å². The van der Waals surface area contributed by atoms with Crippen LogP contribution >= 0.6 is 0 Å². The van der Waals surface area contributed by atoms with Crippen LogP contribution in [0.2, 0.25) is 0 Å². The zero-order valence-electron chi connectivity index (χ0n) is 9.96. The number of benzene rings is 1. The van der Waals surface area contributed by atoms with Gasteiger partial charge in [0.2, 0.25) is 0 Å². The third-order valence-electron chi connectivity index (χ3n) is 2.18. The Balaban J connectivity index is 2.76. The average Bonchev–Trinajstić information content (AvgIpc) is 2.34. The highest BCUT2D eigenvalue weighted by Gasteiger charge is 2.11. The molecule has 0 radical (unpaired) electrons. The molecule has 1 aromatic rings. The fraction of sp³-hybridized carbons (Fsp3) is 0.417. The smallest absolute Gasteiger partial charge is 0.343 e. The Bertz CT molecular complexity index is 382. The summed E-state index contributed by atoms with van der Waals surface area (Å²) in [5, 5.41) is 3.07. The number of esters is 1. The molecule has 0 bridgehead atoms. The molecular formula is C12H16FNO3. The topological polar surface area (TPSA) is 47.6 Å². The third-order valence-corrected chi connectivity index (χ3v) is 2.18. The van der Waals surface area contributed by atoms with Crippen molar-refractivity contribution in [2.24, 2.45) is 0 Å². The van der Waals surface area contributed by atoms with E-state index in [0.29, 0.717) is 12.1 Å². The summed E-state index contributed by atoms with van der Waals surface area (Å²) in [4.78, 5) is 10.9. The lowest BCUT2D eigenvalue weighted by molar-refractivity contribution is -0.142. The summed E-state index contributed by atoms with van der Waals surface area (Å²) >= 11 is 0. The van der Waals surface area contributed by atoms with Crippen molar-refractivity contribution in [2.45, 2.75) is 13.5 Å². The molecule has 0 aliphatic carbocycles. The van der Waals surface area contributed by atoms with Crippen molar-refractivity contribution >= 4 is 5.97 Å². The van der Waals surface area contributed by atoms with Gasteiger partial charge in [-0.3, -0.25) is 0 Å². The molecule has 94 valence electrons. The summed E-state index contributed by atoms with van der Waals surface area (Å²) in [5.74, 6) is -0.925. The summed E-state index contributed by atoms with van der Waals surface area (Å²) in [6, 6.07) is 4.65. The molecule has 0 aliphatic rings. The SMILES string of the molecule is CCNCc1cccc(F)c1OCC(=O)OC. The maximum absolute atomic E-state index is 13.5. The molecule has 4 nitrogen and oxygen atoms in total. The van der Waals surface area contributed by atoms with Gasteiger partial charge in [-0.1, -0.05) is 19.1 Å². The van der Waals surface area contributed by atoms with Crippen LogP contribution in [0.3, 0.4) is 0 Å². The fourth-order valence-electron chi connectivity index (χ4n) is 1.30. The van der Waals surface area contributed by atoms with Gasteiger partial charge >= 0.3 is 5.97 Å². The number of rotatable bonds is 6. The summed E-state index contributed by atoms with van der Waals surface area (Å²) in [6.45, 7) is 2.92. The van der Waals surface area contributed by atoms with Gasteiger partial charge in [0.05, 0.1) is 7.11 Å². The number of carbonyl (C=O) groups is 1. The first-order valence-corrected chi connectivity index (χ1v) is 5.36. The second kappa shape index (κ2) is 6.85. The summed E-state index contributed by atoms with van der Waals surface area (Å²) < 4.78 is 23.1. The largest absolute Gasteiger partial charge is 0.478 e. The highest BCUT2D eigenvalue weighted by atomic mass is 19.1. The van der Waals surface area contributed by atoms with Gasteiger partial charge in [0.25, 0.3) is 0 Å². The van der Waals surface area contributed by atoms with E-state index in [1.807, 2.05) is 6.92 Å². The van der Waals surface area contributed by atoms with Gasteiger partial charge in [-0.05, 0) is 12.6 Å². The molecule has 1 aromatic carbocycles. The summed E-state index contributed by atoms with van der Waals surface area (Å²) in [6.07, 6.45) is 0. The Morgan fingerprint density at radius 3 is 2.88 bits per heavy atom. The van der Waals surface area contributed by atoms with Crippen LogP contribution in [0.1, 0.15) is 12.5 Å². The first-order valence-electron chi connectivity index (χ1n) is 5.36. The number of para-hydroxylation sites is 1. The number of halogens is 1. The Morgan fingerprint density at radius 2 is 2.24 bits per heavy atom. The maximum atomic E-state index is 13.5. The summed E-state index contributed by atoms with van der Waals surface area (Å²) in [5.41, 5.74) is 0.677. The molecule has 0 fully saturated rings.